The Balaban J connectivity index is 4.98. The fourth-order valence-electron chi connectivity index (χ4n) is 1.37. The first-order valence-corrected chi connectivity index (χ1v) is 6.15. The lowest BCUT2D eigenvalue weighted by Crippen LogP contribution is -2.33. The molecular formula is C8H17O5P. The lowest BCUT2D eigenvalue weighted by Gasteiger charge is -2.32. The van der Waals surface area contributed by atoms with Crippen molar-refractivity contribution in [2.45, 2.75) is 45.4 Å². The predicted octanol–water partition coefficient (Wildman–Crippen LogP) is 1.63. The quantitative estimate of drug-likeness (QED) is 0.547. The first kappa shape index (κ1) is 13.6. The van der Waals surface area contributed by atoms with E-state index in [1.807, 2.05) is 0 Å². The summed E-state index contributed by atoms with van der Waals surface area (Å²) in [7, 11) is -4.42. The zero-order valence-electron chi connectivity index (χ0n) is 8.69. The van der Waals surface area contributed by atoms with Crippen LogP contribution in [-0.2, 0) is 14.1 Å². The molecule has 0 rings (SSSR count). The average Bonchev–Trinajstić information content (AvgIpc) is 2.00. The second kappa shape index (κ2) is 4.91. The number of carbonyl (C=O) groups is 1. The van der Waals surface area contributed by atoms with E-state index in [0.29, 0.717) is 6.42 Å². The van der Waals surface area contributed by atoms with E-state index in [4.69, 9.17) is 14.5 Å². The number of ether oxygens (including phenoxy) is 1. The number of hydrogen-bond acceptors (Lipinski definition) is 3. The molecule has 0 aromatic heterocycles. The maximum Gasteiger partial charge on any atom is 0.368 e. The van der Waals surface area contributed by atoms with Gasteiger partial charge in [-0.15, -0.1) is 0 Å². The Labute approximate surface area is 83.6 Å². The topological polar surface area (TPSA) is 83.8 Å². The molecule has 0 aromatic rings. The molecule has 0 aromatic carbocycles. The fourth-order valence-corrected chi connectivity index (χ4v) is 2.54. The first-order valence-electron chi connectivity index (χ1n) is 4.54. The first-order chi connectivity index (χ1) is 6.29. The molecule has 0 aliphatic carbocycles. The minimum absolute atomic E-state index is 0.116. The number of rotatable bonds is 5. The van der Waals surface area contributed by atoms with Crippen molar-refractivity contribution in [2.75, 3.05) is 0 Å². The van der Waals surface area contributed by atoms with Gasteiger partial charge in [0.1, 0.15) is 0 Å². The molecule has 0 radical (unpaired) electrons. The van der Waals surface area contributed by atoms with Gasteiger partial charge in [-0.05, 0) is 12.8 Å². The van der Waals surface area contributed by atoms with Crippen molar-refractivity contribution < 1.29 is 23.9 Å². The summed E-state index contributed by atoms with van der Waals surface area (Å²) in [6, 6.07) is 0. The molecule has 0 saturated carbocycles. The summed E-state index contributed by atoms with van der Waals surface area (Å²) in [6.07, 6.45) is 0.838. The molecule has 1 unspecified atom stereocenters. The van der Waals surface area contributed by atoms with Crippen LogP contribution in [0.25, 0.3) is 0 Å². The summed E-state index contributed by atoms with van der Waals surface area (Å²) in [5.41, 5.74) is 0. The molecule has 6 heteroatoms. The molecule has 84 valence electrons. The smallest absolute Gasteiger partial charge is 0.368 e. The summed E-state index contributed by atoms with van der Waals surface area (Å²) in [6.45, 7) is 4.52. The summed E-state index contributed by atoms with van der Waals surface area (Å²) in [5.74, 6) is -0.663. The van der Waals surface area contributed by atoms with Crippen LogP contribution >= 0.6 is 7.60 Å². The van der Waals surface area contributed by atoms with Crippen LogP contribution < -0.4 is 0 Å². The molecule has 0 fully saturated rings. The zero-order valence-corrected chi connectivity index (χ0v) is 9.58. The van der Waals surface area contributed by atoms with Crippen LogP contribution in [0.15, 0.2) is 0 Å². The van der Waals surface area contributed by atoms with Crippen LogP contribution in [0.4, 0.5) is 0 Å². The maximum atomic E-state index is 11.2. The average molecular weight is 224 g/mol. The standard InChI is InChI=1S/C8H17O5P/c1-4-6-8(5-2,13-7(3)9)14(10,11)12/h4-6H2,1-3H3,(H2,10,11,12). The van der Waals surface area contributed by atoms with Crippen molar-refractivity contribution in [3.8, 4) is 0 Å². The lowest BCUT2D eigenvalue weighted by atomic mass is 10.1. The summed E-state index contributed by atoms with van der Waals surface area (Å²) < 4.78 is 16.0. The Kier molecular flexibility index (Phi) is 4.78. The van der Waals surface area contributed by atoms with Gasteiger partial charge in [0.05, 0.1) is 0 Å². The third-order valence-corrected chi connectivity index (χ3v) is 3.75. The largest absolute Gasteiger partial charge is 0.446 e. The highest BCUT2D eigenvalue weighted by molar-refractivity contribution is 7.53. The molecular weight excluding hydrogens is 207 g/mol. The minimum atomic E-state index is -4.42. The van der Waals surface area contributed by atoms with E-state index < -0.39 is 18.9 Å². The van der Waals surface area contributed by atoms with Crippen LogP contribution in [0, 0.1) is 0 Å². The Bertz CT molecular complexity index is 246. The zero-order chi connectivity index (χ0) is 11.4. The van der Waals surface area contributed by atoms with Gasteiger partial charge in [0, 0.05) is 6.92 Å². The molecule has 0 aliphatic rings. The van der Waals surface area contributed by atoms with Crippen molar-refractivity contribution in [1.82, 2.24) is 0 Å². The van der Waals surface area contributed by atoms with Crippen LogP contribution in [0.2, 0.25) is 0 Å². The van der Waals surface area contributed by atoms with E-state index in [1.165, 1.54) is 0 Å². The molecule has 5 nitrogen and oxygen atoms in total. The van der Waals surface area contributed by atoms with Gasteiger partial charge < -0.3 is 14.5 Å². The van der Waals surface area contributed by atoms with Gasteiger partial charge in [-0.2, -0.15) is 0 Å². The number of carbonyl (C=O) groups excluding carboxylic acids is 1. The van der Waals surface area contributed by atoms with Gasteiger partial charge in [-0.1, -0.05) is 20.3 Å². The second-order valence-corrected chi connectivity index (χ2v) is 5.09. The van der Waals surface area contributed by atoms with Crippen molar-refractivity contribution in [2.24, 2.45) is 0 Å². The van der Waals surface area contributed by atoms with Crippen LogP contribution in [0.1, 0.15) is 40.0 Å². The van der Waals surface area contributed by atoms with Gasteiger partial charge in [-0.3, -0.25) is 9.36 Å². The molecule has 0 bridgehead atoms. The normalized spacial score (nSPS) is 16.1. The molecule has 0 spiro atoms. The third-order valence-electron chi connectivity index (χ3n) is 2.06. The molecule has 0 aliphatic heterocycles. The van der Waals surface area contributed by atoms with Gasteiger partial charge in [0.2, 0.25) is 5.34 Å². The van der Waals surface area contributed by atoms with E-state index in [-0.39, 0.29) is 12.8 Å². The fraction of sp³-hybridized carbons (Fsp3) is 0.875. The SMILES string of the molecule is CCCC(CC)(OC(C)=O)P(=O)(O)O. The highest BCUT2D eigenvalue weighted by Crippen LogP contribution is 2.55. The summed E-state index contributed by atoms with van der Waals surface area (Å²) in [5, 5.41) is -1.63. The van der Waals surface area contributed by atoms with Crippen LogP contribution in [-0.4, -0.2) is 21.1 Å². The minimum Gasteiger partial charge on any atom is -0.446 e. The van der Waals surface area contributed by atoms with Gasteiger partial charge in [-0.25, -0.2) is 0 Å². The van der Waals surface area contributed by atoms with Crippen LogP contribution in [0.3, 0.4) is 0 Å². The van der Waals surface area contributed by atoms with Gasteiger partial charge in [0.15, 0.2) is 0 Å². The number of esters is 1. The molecule has 1 atom stereocenters. The Morgan fingerprint density at radius 3 is 2.14 bits per heavy atom. The highest BCUT2D eigenvalue weighted by Gasteiger charge is 2.47. The molecule has 0 amide bonds. The summed E-state index contributed by atoms with van der Waals surface area (Å²) in [4.78, 5) is 29.1. The lowest BCUT2D eigenvalue weighted by molar-refractivity contribution is -0.151. The van der Waals surface area contributed by atoms with Crippen molar-refractivity contribution in [1.29, 1.82) is 0 Å². The molecule has 0 saturated heterocycles. The van der Waals surface area contributed by atoms with Crippen LogP contribution in [0.5, 0.6) is 0 Å². The predicted molar refractivity (Wildman–Crippen MR) is 51.7 cm³/mol. The molecule has 2 N–H and O–H groups in total. The van der Waals surface area contributed by atoms with Crippen molar-refractivity contribution in [3.63, 3.8) is 0 Å². The Morgan fingerprint density at radius 1 is 1.43 bits per heavy atom. The second-order valence-electron chi connectivity index (χ2n) is 3.19. The van der Waals surface area contributed by atoms with Crippen molar-refractivity contribution >= 4 is 13.6 Å². The van der Waals surface area contributed by atoms with E-state index in [9.17, 15) is 9.36 Å². The van der Waals surface area contributed by atoms with E-state index in [0.717, 1.165) is 6.92 Å². The van der Waals surface area contributed by atoms with E-state index in [1.54, 1.807) is 13.8 Å². The monoisotopic (exact) mass is 224 g/mol. The molecule has 0 heterocycles. The van der Waals surface area contributed by atoms with Gasteiger partial charge in [0.25, 0.3) is 0 Å². The molecule has 14 heavy (non-hydrogen) atoms. The number of hydrogen-bond donors (Lipinski definition) is 2. The maximum absolute atomic E-state index is 11.2. The summed E-state index contributed by atoms with van der Waals surface area (Å²) >= 11 is 0. The Hall–Kier alpha value is -0.380. The Morgan fingerprint density at radius 2 is 1.93 bits per heavy atom. The van der Waals surface area contributed by atoms with Gasteiger partial charge >= 0.3 is 13.6 Å². The van der Waals surface area contributed by atoms with E-state index >= 15 is 0 Å². The third kappa shape index (κ3) is 3.08. The van der Waals surface area contributed by atoms with E-state index in [2.05, 4.69) is 0 Å². The highest BCUT2D eigenvalue weighted by atomic mass is 31.2. The van der Waals surface area contributed by atoms with Crippen molar-refractivity contribution in [3.05, 3.63) is 0 Å².